The van der Waals surface area contributed by atoms with Gasteiger partial charge in [0.1, 0.15) is 18.1 Å². The summed E-state index contributed by atoms with van der Waals surface area (Å²) in [5.41, 5.74) is 0.771. The summed E-state index contributed by atoms with van der Waals surface area (Å²) in [5.74, 6) is -4.30. The second kappa shape index (κ2) is 12.5. The molecule has 0 saturated carbocycles. The molecule has 0 spiro atoms. The molecule has 0 bridgehead atoms. The lowest BCUT2D eigenvalue weighted by molar-refractivity contribution is -0.143. The number of esters is 2. The van der Waals surface area contributed by atoms with Gasteiger partial charge in [0.15, 0.2) is 14.6 Å². The minimum Gasteiger partial charge on any atom is -0.465 e. The lowest BCUT2D eigenvalue weighted by atomic mass is 10.0. The number of rotatable bonds is 9. The molecule has 0 radical (unpaired) electrons. The Kier molecular flexibility index (Phi) is 9.60. The van der Waals surface area contributed by atoms with Gasteiger partial charge in [-0.3, -0.25) is 14.4 Å². The molecule has 37 heavy (non-hydrogen) atoms. The number of amides is 2. The van der Waals surface area contributed by atoms with Crippen molar-refractivity contribution >= 4 is 55.1 Å². The number of thiazole rings is 1. The van der Waals surface area contributed by atoms with E-state index in [-0.39, 0.29) is 29.6 Å². The van der Waals surface area contributed by atoms with Crippen molar-refractivity contribution in [3.63, 3.8) is 0 Å². The zero-order chi connectivity index (χ0) is 27.2. The fraction of sp³-hybridized carbons (Fsp3) is 0.542. The highest BCUT2D eigenvalue weighted by atomic mass is 32.2. The van der Waals surface area contributed by atoms with Crippen LogP contribution in [0.15, 0.2) is 23.2 Å². The molecule has 2 amide bonds. The fourth-order valence-corrected chi connectivity index (χ4v) is 6.47. The Morgan fingerprint density at radius 3 is 2.57 bits per heavy atom. The third kappa shape index (κ3) is 7.25. The van der Waals surface area contributed by atoms with Crippen LogP contribution < -0.4 is 4.80 Å². The highest BCUT2D eigenvalue weighted by molar-refractivity contribution is 7.92. The van der Waals surface area contributed by atoms with Crippen molar-refractivity contribution in [3.05, 3.63) is 28.6 Å². The van der Waals surface area contributed by atoms with Gasteiger partial charge < -0.3 is 18.9 Å². The number of piperidine rings is 1. The maximum absolute atomic E-state index is 12.7. The highest BCUT2D eigenvalue weighted by Crippen LogP contribution is 2.21. The predicted molar refractivity (Wildman–Crippen MR) is 137 cm³/mol. The first kappa shape index (κ1) is 28.5. The molecule has 1 fully saturated rings. The molecular formula is C24H31N3O8S2. The SMILES string of the molecule is CCOC(=O)Cn1c(=NC(=O)CS(=O)(=O)CC(=O)N2CCCCC2CC)sc2cc(C(=O)OC)ccc21. The van der Waals surface area contributed by atoms with Crippen LogP contribution in [0.2, 0.25) is 0 Å². The number of hydrogen-bond donors (Lipinski definition) is 0. The molecule has 3 rings (SSSR count). The number of nitrogens with zero attached hydrogens (tertiary/aromatic N) is 3. The van der Waals surface area contributed by atoms with Crippen LogP contribution in [0.4, 0.5) is 0 Å². The van der Waals surface area contributed by atoms with Gasteiger partial charge >= 0.3 is 11.9 Å². The molecule has 11 nitrogen and oxygen atoms in total. The first-order chi connectivity index (χ1) is 17.6. The number of ether oxygens (including phenoxy) is 2. The van der Waals surface area contributed by atoms with Crippen LogP contribution in [0.1, 0.15) is 49.9 Å². The normalized spacial score (nSPS) is 16.6. The van der Waals surface area contributed by atoms with Crippen molar-refractivity contribution in [1.82, 2.24) is 9.47 Å². The van der Waals surface area contributed by atoms with Gasteiger partial charge in [0.2, 0.25) is 5.91 Å². The number of hydrogen-bond acceptors (Lipinski definition) is 9. The van der Waals surface area contributed by atoms with E-state index in [2.05, 4.69) is 4.99 Å². The average Bonchev–Trinajstić information content (AvgIpc) is 3.18. The quantitative estimate of drug-likeness (QED) is 0.427. The molecule has 2 aromatic rings. The molecular weight excluding hydrogens is 522 g/mol. The summed E-state index contributed by atoms with van der Waals surface area (Å²) in [4.78, 5) is 55.1. The molecule has 2 heterocycles. The molecule has 1 atom stereocenters. The number of carbonyl (C=O) groups is 4. The Balaban J connectivity index is 1.88. The van der Waals surface area contributed by atoms with Gasteiger partial charge in [-0.25, -0.2) is 13.2 Å². The molecule has 1 unspecified atom stereocenters. The van der Waals surface area contributed by atoms with Crippen LogP contribution in [0.5, 0.6) is 0 Å². The largest absolute Gasteiger partial charge is 0.465 e. The molecule has 1 aromatic heterocycles. The zero-order valence-corrected chi connectivity index (χ0v) is 22.7. The third-order valence-corrected chi connectivity index (χ3v) is 8.44. The van der Waals surface area contributed by atoms with Crippen LogP contribution >= 0.6 is 11.3 Å². The summed E-state index contributed by atoms with van der Waals surface area (Å²) >= 11 is 1.01. The minimum atomic E-state index is -4.07. The first-order valence-corrected chi connectivity index (χ1v) is 14.7. The van der Waals surface area contributed by atoms with E-state index < -0.39 is 45.1 Å². The first-order valence-electron chi connectivity index (χ1n) is 12.0. The molecule has 1 aromatic carbocycles. The maximum atomic E-state index is 12.7. The van der Waals surface area contributed by atoms with E-state index in [1.807, 2.05) is 6.92 Å². The second-order valence-electron chi connectivity index (χ2n) is 8.63. The Morgan fingerprint density at radius 2 is 1.89 bits per heavy atom. The van der Waals surface area contributed by atoms with Crippen LogP contribution in [0, 0.1) is 0 Å². The van der Waals surface area contributed by atoms with Gasteiger partial charge in [-0.15, -0.1) is 0 Å². The second-order valence-corrected chi connectivity index (χ2v) is 11.7. The number of benzene rings is 1. The molecule has 13 heteroatoms. The van der Waals surface area contributed by atoms with Gasteiger partial charge in [0, 0.05) is 12.6 Å². The minimum absolute atomic E-state index is 0.00658. The van der Waals surface area contributed by atoms with Crippen molar-refractivity contribution in [2.24, 2.45) is 4.99 Å². The van der Waals surface area contributed by atoms with E-state index in [0.717, 1.165) is 37.0 Å². The smallest absolute Gasteiger partial charge is 0.337 e. The summed E-state index contributed by atoms with van der Waals surface area (Å²) in [6, 6.07) is 4.63. The Morgan fingerprint density at radius 1 is 1.14 bits per heavy atom. The Bertz CT molecular complexity index is 1360. The predicted octanol–water partition coefficient (Wildman–Crippen LogP) is 1.69. The van der Waals surface area contributed by atoms with E-state index in [1.54, 1.807) is 17.9 Å². The summed E-state index contributed by atoms with van der Waals surface area (Å²) in [6.45, 7) is 4.01. The lowest BCUT2D eigenvalue weighted by Gasteiger charge is -2.35. The highest BCUT2D eigenvalue weighted by Gasteiger charge is 2.29. The number of aromatic nitrogens is 1. The number of sulfone groups is 1. The summed E-state index contributed by atoms with van der Waals surface area (Å²) in [7, 11) is -2.82. The van der Waals surface area contributed by atoms with Crippen LogP contribution in [0.3, 0.4) is 0 Å². The number of carbonyl (C=O) groups excluding carboxylic acids is 4. The van der Waals surface area contributed by atoms with Gasteiger partial charge in [-0.2, -0.15) is 4.99 Å². The topological polar surface area (TPSA) is 141 Å². The van der Waals surface area contributed by atoms with Gasteiger partial charge in [0.05, 0.1) is 29.5 Å². The molecule has 1 aliphatic heterocycles. The van der Waals surface area contributed by atoms with Crippen molar-refractivity contribution in [2.75, 3.05) is 31.8 Å². The fourth-order valence-electron chi connectivity index (χ4n) is 4.29. The monoisotopic (exact) mass is 553 g/mol. The lowest BCUT2D eigenvalue weighted by Crippen LogP contribution is -2.46. The standard InChI is InChI=1S/C24H31N3O8S2/c1-4-17-8-6-7-11-26(17)21(29)15-37(32,33)14-20(28)25-24-27(13-22(30)35-5-2)18-10-9-16(23(31)34-3)12-19(18)36-24/h9-10,12,17H,4-8,11,13-15H2,1-3H3. The Labute approximate surface area is 219 Å². The molecule has 202 valence electrons. The summed E-state index contributed by atoms with van der Waals surface area (Å²) < 4.78 is 37.1. The average molecular weight is 554 g/mol. The van der Waals surface area contributed by atoms with Gasteiger partial charge in [-0.05, 0) is 50.8 Å². The van der Waals surface area contributed by atoms with E-state index in [0.29, 0.717) is 16.8 Å². The van der Waals surface area contributed by atoms with E-state index in [1.165, 1.54) is 23.8 Å². The molecule has 0 N–H and O–H groups in total. The number of methoxy groups -OCH3 is 1. The summed E-state index contributed by atoms with van der Waals surface area (Å²) in [6.07, 6.45) is 3.39. The third-order valence-electron chi connectivity index (χ3n) is 6.02. The van der Waals surface area contributed by atoms with Crippen LogP contribution in [0.25, 0.3) is 10.2 Å². The summed E-state index contributed by atoms with van der Waals surface area (Å²) in [5, 5.41) is 0. The molecule has 0 aliphatic carbocycles. The van der Waals surface area contributed by atoms with Gasteiger partial charge in [0.25, 0.3) is 5.91 Å². The van der Waals surface area contributed by atoms with E-state index >= 15 is 0 Å². The zero-order valence-electron chi connectivity index (χ0n) is 21.1. The van der Waals surface area contributed by atoms with Crippen LogP contribution in [-0.4, -0.2) is 79.4 Å². The van der Waals surface area contributed by atoms with Crippen molar-refractivity contribution in [3.8, 4) is 0 Å². The maximum Gasteiger partial charge on any atom is 0.337 e. The number of fused-ring (bicyclic) bond motifs is 1. The number of likely N-dealkylation sites (tertiary alicyclic amines) is 1. The van der Waals surface area contributed by atoms with E-state index in [4.69, 9.17) is 9.47 Å². The van der Waals surface area contributed by atoms with Gasteiger partial charge in [-0.1, -0.05) is 18.3 Å². The van der Waals surface area contributed by atoms with Crippen LogP contribution in [-0.2, 0) is 40.2 Å². The molecule has 1 aliphatic rings. The van der Waals surface area contributed by atoms with Crippen molar-refractivity contribution in [2.45, 2.75) is 52.1 Å². The Hall–Kier alpha value is -3.06. The van der Waals surface area contributed by atoms with Crippen molar-refractivity contribution < 1.29 is 37.1 Å². The van der Waals surface area contributed by atoms with E-state index in [9.17, 15) is 27.6 Å². The molecule has 1 saturated heterocycles. The van der Waals surface area contributed by atoms with Crippen molar-refractivity contribution in [1.29, 1.82) is 0 Å².